The highest BCUT2D eigenvalue weighted by molar-refractivity contribution is 9.15. The van der Waals surface area contributed by atoms with Crippen LogP contribution in [0.25, 0.3) is 11.0 Å². The second-order valence-corrected chi connectivity index (χ2v) is 8.20. The maximum Gasteiger partial charge on any atom is 0.203 e. The van der Waals surface area contributed by atoms with Crippen molar-refractivity contribution in [2.45, 2.75) is 6.42 Å². The van der Waals surface area contributed by atoms with E-state index in [4.69, 9.17) is 4.98 Å². The van der Waals surface area contributed by atoms with Gasteiger partial charge in [0.25, 0.3) is 0 Å². The molecule has 0 saturated carbocycles. The SMILES string of the molecule is CN(C)CCCNc1nc2c(Br)c(Br)c(Br)c(Br)c2n1C. The number of aromatic nitrogens is 2. The molecule has 0 spiro atoms. The molecule has 1 aromatic heterocycles. The van der Waals surface area contributed by atoms with Gasteiger partial charge in [0.1, 0.15) is 5.52 Å². The predicted molar refractivity (Wildman–Crippen MR) is 103 cm³/mol. The first-order chi connectivity index (χ1) is 9.84. The van der Waals surface area contributed by atoms with Gasteiger partial charge in [-0.2, -0.15) is 0 Å². The van der Waals surface area contributed by atoms with Gasteiger partial charge in [0.2, 0.25) is 5.95 Å². The fourth-order valence-electron chi connectivity index (χ4n) is 2.06. The molecule has 0 radical (unpaired) electrons. The van der Waals surface area contributed by atoms with E-state index in [1.165, 1.54) is 0 Å². The van der Waals surface area contributed by atoms with E-state index in [0.717, 1.165) is 54.4 Å². The van der Waals surface area contributed by atoms with Gasteiger partial charge in [-0.05, 0) is 90.8 Å². The molecule has 0 bridgehead atoms. The Balaban J connectivity index is 2.33. The summed E-state index contributed by atoms with van der Waals surface area (Å²) in [6, 6.07) is 0. The average Bonchev–Trinajstić information content (AvgIpc) is 2.76. The van der Waals surface area contributed by atoms with Crippen LogP contribution in [0.15, 0.2) is 17.9 Å². The normalized spacial score (nSPS) is 11.6. The number of fused-ring (bicyclic) bond motifs is 1. The van der Waals surface area contributed by atoms with Crippen molar-refractivity contribution >= 4 is 80.7 Å². The Morgan fingerprint density at radius 2 is 1.67 bits per heavy atom. The Kier molecular flexibility index (Phi) is 6.15. The van der Waals surface area contributed by atoms with Crippen molar-refractivity contribution < 1.29 is 0 Å². The number of nitrogens with zero attached hydrogens (tertiary/aromatic N) is 3. The molecule has 1 aromatic carbocycles. The summed E-state index contributed by atoms with van der Waals surface area (Å²) in [5, 5.41) is 3.40. The highest BCUT2D eigenvalue weighted by atomic mass is 79.9. The number of hydrogen-bond acceptors (Lipinski definition) is 3. The number of imidazole rings is 1. The van der Waals surface area contributed by atoms with Gasteiger partial charge < -0.3 is 14.8 Å². The lowest BCUT2D eigenvalue weighted by Gasteiger charge is -2.10. The van der Waals surface area contributed by atoms with E-state index in [1.54, 1.807) is 0 Å². The molecule has 4 nitrogen and oxygen atoms in total. The van der Waals surface area contributed by atoms with Crippen molar-refractivity contribution in [2.75, 3.05) is 32.5 Å². The van der Waals surface area contributed by atoms with Crippen LogP contribution in [0.5, 0.6) is 0 Å². The van der Waals surface area contributed by atoms with Gasteiger partial charge in [0.15, 0.2) is 0 Å². The summed E-state index contributed by atoms with van der Waals surface area (Å²) in [5.41, 5.74) is 1.97. The molecule has 1 N–H and O–H groups in total. The molecule has 2 aromatic rings. The van der Waals surface area contributed by atoms with Crippen molar-refractivity contribution in [3.8, 4) is 0 Å². The maximum absolute atomic E-state index is 4.70. The monoisotopic (exact) mass is 544 g/mol. The molecule has 0 aliphatic heterocycles. The highest BCUT2D eigenvalue weighted by Gasteiger charge is 2.19. The van der Waals surface area contributed by atoms with Crippen molar-refractivity contribution in [1.82, 2.24) is 14.5 Å². The Labute approximate surface area is 158 Å². The molecule has 0 atom stereocenters. The number of anilines is 1. The quantitative estimate of drug-likeness (QED) is 0.325. The summed E-state index contributed by atoms with van der Waals surface area (Å²) in [6.07, 6.45) is 1.08. The van der Waals surface area contributed by atoms with Crippen LogP contribution in [-0.4, -0.2) is 41.6 Å². The topological polar surface area (TPSA) is 33.1 Å². The summed E-state index contributed by atoms with van der Waals surface area (Å²) < 4.78 is 5.94. The summed E-state index contributed by atoms with van der Waals surface area (Å²) in [7, 11) is 6.18. The van der Waals surface area contributed by atoms with Crippen LogP contribution in [0.2, 0.25) is 0 Å². The molecule has 21 heavy (non-hydrogen) atoms. The van der Waals surface area contributed by atoms with Crippen LogP contribution in [0.4, 0.5) is 5.95 Å². The summed E-state index contributed by atoms with van der Waals surface area (Å²) in [5.74, 6) is 0.871. The van der Waals surface area contributed by atoms with Gasteiger partial charge in [-0.15, -0.1) is 0 Å². The molecule has 0 fully saturated rings. The molecular weight excluding hydrogens is 532 g/mol. The van der Waals surface area contributed by atoms with E-state index >= 15 is 0 Å². The van der Waals surface area contributed by atoms with Crippen LogP contribution < -0.4 is 5.32 Å². The first-order valence-electron chi connectivity index (χ1n) is 6.41. The van der Waals surface area contributed by atoms with Crippen LogP contribution in [0.3, 0.4) is 0 Å². The third-order valence-electron chi connectivity index (χ3n) is 3.15. The van der Waals surface area contributed by atoms with E-state index in [1.807, 2.05) is 7.05 Å². The number of nitrogens with one attached hydrogen (secondary N) is 1. The molecule has 0 unspecified atom stereocenters. The zero-order valence-electron chi connectivity index (χ0n) is 12.0. The number of benzene rings is 1. The minimum absolute atomic E-state index is 0.871. The van der Waals surface area contributed by atoms with Crippen LogP contribution >= 0.6 is 63.7 Å². The molecule has 0 aliphatic carbocycles. The molecule has 1 heterocycles. The van der Waals surface area contributed by atoms with Crippen LogP contribution in [0, 0.1) is 0 Å². The highest BCUT2D eigenvalue weighted by Crippen LogP contribution is 2.43. The first kappa shape index (κ1) is 17.7. The van der Waals surface area contributed by atoms with E-state index < -0.39 is 0 Å². The molecule has 0 saturated heterocycles. The zero-order valence-corrected chi connectivity index (χ0v) is 18.3. The lowest BCUT2D eigenvalue weighted by Crippen LogP contribution is -2.17. The third-order valence-corrected chi connectivity index (χ3v) is 7.88. The number of aryl methyl sites for hydroxylation is 1. The van der Waals surface area contributed by atoms with Crippen molar-refractivity contribution in [2.24, 2.45) is 7.05 Å². The summed E-state index contributed by atoms with van der Waals surface area (Å²) >= 11 is 14.4. The van der Waals surface area contributed by atoms with E-state index in [2.05, 4.69) is 92.6 Å². The predicted octanol–water partition coefficient (Wildman–Crippen LogP) is 4.99. The van der Waals surface area contributed by atoms with Crippen molar-refractivity contribution in [3.63, 3.8) is 0 Å². The zero-order chi connectivity index (χ0) is 15.7. The molecular formula is C13H16Br4N4. The second kappa shape index (κ2) is 7.29. The summed E-state index contributed by atoms with van der Waals surface area (Å²) in [6.45, 7) is 1.95. The molecule has 2 rings (SSSR count). The number of hydrogen-bond donors (Lipinski definition) is 1. The second-order valence-electron chi connectivity index (χ2n) is 5.03. The van der Waals surface area contributed by atoms with E-state index in [0.29, 0.717) is 0 Å². The smallest absolute Gasteiger partial charge is 0.203 e. The number of halogens is 4. The third kappa shape index (κ3) is 3.65. The minimum atomic E-state index is 0.871. The van der Waals surface area contributed by atoms with E-state index in [-0.39, 0.29) is 0 Å². The standard InChI is InChI=1S/C13H16Br4N4/c1-20(2)6-4-5-18-13-19-11-9(16)7(14)8(15)10(17)12(11)21(13)3/h4-6H2,1-3H3,(H,18,19). The average molecular weight is 548 g/mol. The van der Waals surface area contributed by atoms with Gasteiger partial charge in [-0.25, -0.2) is 4.98 Å². The molecule has 8 heteroatoms. The molecule has 116 valence electrons. The van der Waals surface area contributed by atoms with Gasteiger partial charge in [-0.3, -0.25) is 0 Å². The Morgan fingerprint density at radius 3 is 2.29 bits per heavy atom. The van der Waals surface area contributed by atoms with Gasteiger partial charge >= 0.3 is 0 Å². The maximum atomic E-state index is 4.70. The lowest BCUT2D eigenvalue weighted by molar-refractivity contribution is 0.405. The fourth-order valence-corrected chi connectivity index (χ4v) is 4.49. The van der Waals surface area contributed by atoms with Crippen LogP contribution in [0.1, 0.15) is 6.42 Å². The largest absolute Gasteiger partial charge is 0.356 e. The molecule has 0 amide bonds. The molecule has 0 aliphatic rings. The fraction of sp³-hybridized carbons (Fsp3) is 0.462. The lowest BCUT2D eigenvalue weighted by atomic mass is 10.3. The van der Waals surface area contributed by atoms with Crippen molar-refractivity contribution in [3.05, 3.63) is 17.9 Å². The van der Waals surface area contributed by atoms with Gasteiger partial charge in [0, 0.05) is 22.5 Å². The van der Waals surface area contributed by atoms with Crippen LogP contribution in [-0.2, 0) is 7.05 Å². The van der Waals surface area contributed by atoms with Gasteiger partial charge in [-0.1, -0.05) is 0 Å². The number of rotatable bonds is 5. The Bertz CT molecular complexity index is 666. The Morgan fingerprint density at radius 1 is 1.05 bits per heavy atom. The Hall–Kier alpha value is 0.370. The van der Waals surface area contributed by atoms with Crippen molar-refractivity contribution in [1.29, 1.82) is 0 Å². The summed E-state index contributed by atoms with van der Waals surface area (Å²) in [4.78, 5) is 6.88. The first-order valence-corrected chi connectivity index (χ1v) is 9.58. The minimum Gasteiger partial charge on any atom is -0.356 e. The van der Waals surface area contributed by atoms with Gasteiger partial charge in [0.05, 0.1) is 14.5 Å². The van der Waals surface area contributed by atoms with E-state index in [9.17, 15) is 0 Å².